The molecule has 3 aromatic rings. The zero-order valence-electron chi connectivity index (χ0n) is 24.2. The molecule has 0 bridgehead atoms. The molecule has 6 rings (SSSR count). The molecule has 2 N–H and O–H groups in total. The van der Waals surface area contributed by atoms with Gasteiger partial charge in [0, 0.05) is 43.6 Å². The average molecular weight is 623 g/mol. The number of halogens is 5. The molecule has 14 heteroatoms. The fourth-order valence-electron chi connectivity index (χ4n) is 6.13. The molecular formula is C30H35F5N6O3. The van der Waals surface area contributed by atoms with Gasteiger partial charge in [-0.2, -0.15) is 13.2 Å². The molecule has 3 saturated carbocycles. The largest absolute Gasteiger partial charge is 0.392 e. The van der Waals surface area contributed by atoms with Crippen LogP contribution in [0.15, 0.2) is 29.2 Å². The molecule has 44 heavy (non-hydrogen) atoms. The second-order valence-corrected chi connectivity index (χ2v) is 12.6. The molecule has 238 valence electrons. The van der Waals surface area contributed by atoms with E-state index in [1.165, 1.54) is 6.26 Å². The Kier molecular flexibility index (Phi) is 8.22. The fourth-order valence-corrected chi connectivity index (χ4v) is 6.13. The number of imidazole rings is 1. The highest BCUT2D eigenvalue weighted by Crippen LogP contribution is 2.44. The van der Waals surface area contributed by atoms with Gasteiger partial charge in [0.05, 0.1) is 35.1 Å². The molecule has 3 heterocycles. The van der Waals surface area contributed by atoms with Crippen LogP contribution < -0.4 is 10.6 Å². The Balaban J connectivity index is 1.25. The van der Waals surface area contributed by atoms with Gasteiger partial charge in [-0.25, -0.2) is 18.7 Å². The maximum Gasteiger partial charge on any atom is 0.392 e. The summed E-state index contributed by atoms with van der Waals surface area (Å²) in [7, 11) is 0. The van der Waals surface area contributed by atoms with E-state index < -0.39 is 35.9 Å². The Labute approximate surface area is 250 Å². The number of nitrogens with one attached hydrogen (secondary N) is 2. The smallest absolute Gasteiger partial charge is 0.364 e. The minimum absolute atomic E-state index is 0.149. The second kappa shape index (κ2) is 11.8. The summed E-state index contributed by atoms with van der Waals surface area (Å²) in [5, 5.41) is 10.2. The van der Waals surface area contributed by atoms with Crippen LogP contribution in [-0.2, 0) is 4.79 Å². The summed E-state index contributed by atoms with van der Waals surface area (Å²) in [5.74, 6) is -5.83. The van der Waals surface area contributed by atoms with Crippen LogP contribution in [0.25, 0.3) is 5.78 Å². The normalized spacial score (nSPS) is 22.0. The first-order chi connectivity index (χ1) is 20.9. The van der Waals surface area contributed by atoms with Crippen LogP contribution >= 0.6 is 0 Å². The first kappa shape index (κ1) is 30.6. The molecule has 0 radical (unpaired) electrons. The van der Waals surface area contributed by atoms with Crippen LogP contribution in [0.1, 0.15) is 104 Å². The SMILES string of the molecule is C[C@@H](C(C=O)CN[C@H](c1ccn2cc([C@@H](NC(=O)c3conc3C3CC3)C3CCC(F)(F)CC3)nc2n1)C1CC1)C(F)(F)F. The van der Waals surface area contributed by atoms with E-state index in [2.05, 4.69) is 15.8 Å². The quantitative estimate of drug-likeness (QED) is 0.190. The van der Waals surface area contributed by atoms with Crippen molar-refractivity contribution in [2.75, 3.05) is 6.54 Å². The highest BCUT2D eigenvalue weighted by atomic mass is 19.4. The van der Waals surface area contributed by atoms with Crippen molar-refractivity contribution in [3.63, 3.8) is 0 Å². The lowest BCUT2D eigenvalue weighted by molar-refractivity contribution is -0.183. The molecule has 0 aliphatic heterocycles. The van der Waals surface area contributed by atoms with E-state index in [0.717, 1.165) is 32.6 Å². The number of rotatable bonds is 12. The van der Waals surface area contributed by atoms with Crippen molar-refractivity contribution >= 4 is 18.0 Å². The van der Waals surface area contributed by atoms with Crippen molar-refractivity contribution in [3.05, 3.63) is 47.4 Å². The number of carbonyl (C=O) groups excluding carboxylic acids is 2. The summed E-state index contributed by atoms with van der Waals surface area (Å²) < 4.78 is 74.6. The van der Waals surface area contributed by atoms with Crippen LogP contribution in [-0.4, -0.2) is 50.4 Å². The Hall–Kier alpha value is -3.42. The average Bonchev–Trinajstić information content (AvgIpc) is 3.91. The van der Waals surface area contributed by atoms with Gasteiger partial charge < -0.3 is 20.0 Å². The summed E-state index contributed by atoms with van der Waals surface area (Å²) in [4.78, 5) is 34.3. The van der Waals surface area contributed by atoms with E-state index in [-0.39, 0.29) is 56.0 Å². The van der Waals surface area contributed by atoms with Crippen molar-refractivity contribution < 1.29 is 36.1 Å². The van der Waals surface area contributed by atoms with Crippen molar-refractivity contribution in [1.29, 1.82) is 0 Å². The van der Waals surface area contributed by atoms with Crippen LogP contribution in [0.2, 0.25) is 0 Å². The number of amides is 1. The van der Waals surface area contributed by atoms with Crippen molar-refractivity contribution in [1.82, 2.24) is 30.2 Å². The van der Waals surface area contributed by atoms with E-state index in [4.69, 9.17) is 14.5 Å². The van der Waals surface area contributed by atoms with E-state index >= 15 is 0 Å². The minimum Gasteiger partial charge on any atom is -0.364 e. The van der Waals surface area contributed by atoms with Gasteiger partial charge in [0.1, 0.15) is 18.1 Å². The van der Waals surface area contributed by atoms with Gasteiger partial charge >= 0.3 is 6.18 Å². The van der Waals surface area contributed by atoms with Crippen molar-refractivity contribution in [2.24, 2.45) is 23.7 Å². The first-order valence-electron chi connectivity index (χ1n) is 15.2. The molecule has 3 fully saturated rings. The summed E-state index contributed by atoms with van der Waals surface area (Å²) in [5.41, 5.74) is 1.98. The maximum atomic E-state index is 14.1. The Bertz CT molecular complexity index is 1490. The fraction of sp³-hybridized carbons (Fsp3) is 0.633. The lowest BCUT2D eigenvalue weighted by Gasteiger charge is -2.33. The molecule has 3 aliphatic rings. The van der Waals surface area contributed by atoms with Crippen molar-refractivity contribution in [3.8, 4) is 0 Å². The van der Waals surface area contributed by atoms with E-state index in [1.54, 1.807) is 22.9 Å². The Morgan fingerprint density at radius 2 is 1.77 bits per heavy atom. The number of hydrogen-bond acceptors (Lipinski definition) is 7. The molecular weight excluding hydrogens is 587 g/mol. The highest BCUT2D eigenvalue weighted by Gasteiger charge is 2.43. The number of hydrogen-bond donors (Lipinski definition) is 2. The standard InChI is InChI=1S/C30H35F5N6O3/c1-16(30(33,34)35)20(14-42)12-36-25(18-4-5-18)22-8-11-41-13-23(38-28(41)37-22)26(19-6-9-29(31,32)10-7-19)39-27(43)21-15-44-40-24(21)17-2-3-17/h8,11,13-20,25-26,36H,2-7,9-10,12H2,1H3,(H,39,43)/t16-,20?,25-,26-/m0/s1. The number of fused-ring (bicyclic) bond motifs is 1. The third-order valence-electron chi connectivity index (χ3n) is 9.33. The zero-order chi connectivity index (χ0) is 31.2. The third-order valence-corrected chi connectivity index (χ3v) is 9.33. The molecule has 0 aromatic carbocycles. The lowest BCUT2D eigenvalue weighted by Crippen LogP contribution is -2.37. The van der Waals surface area contributed by atoms with Crippen molar-refractivity contribution in [2.45, 2.75) is 88.4 Å². The van der Waals surface area contributed by atoms with Crippen LogP contribution in [0.3, 0.4) is 0 Å². The maximum absolute atomic E-state index is 14.1. The van der Waals surface area contributed by atoms with Crippen LogP contribution in [0, 0.1) is 23.7 Å². The predicted octanol–water partition coefficient (Wildman–Crippen LogP) is 5.95. The second-order valence-electron chi connectivity index (χ2n) is 12.6. The predicted molar refractivity (Wildman–Crippen MR) is 147 cm³/mol. The Morgan fingerprint density at radius 3 is 2.41 bits per heavy atom. The van der Waals surface area contributed by atoms with Gasteiger partial charge in [-0.3, -0.25) is 9.20 Å². The molecule has 3 aromatic heterocycles. The molecule has 0 spiro atoms. The summed E-state index contributed by atoms with van der Waals surface area (Å²) in [6.07, 6.45) is 4.02. The molecule has 9 nitrogen and oxygen atoms in total. The number of nitrogens with zero attached hydrogens (tertiary/aromatic N) is 4. The van der Waals surface area contributed by atoms with Crippen LogP contribution in [0.4, 0.5) is 22.0 Å². The van der Waals surface area contributed by atoms with Gasteiger partial charge in [-0.1, -0.05) is 12.1 Å². The summed E-state index contributed by atoms with van der Waals surface area (Å²) in [6.45, 7) is 0.853. The molecule has 0 saturated heterocycles. The molecule has 4 atom stereocenters. The van der Waals surface area contributed by atoms with Gasteiger partial charge in [0.2, 0.25) is 11.7 Å². The van der Waals surface area contributed by atoms with Gasteiger partial charge in [-0.05, 0) is 56.4 Å². The van der Waals surface area contributed by atoms with Gasteiger partial charge in [0.15, 0.2) is 0 Å². The van der Waals surface area contributed by atoms with Gasteiger partial charge in [0.25, 0.3) is 5.91 Å². The topological polar surface area (TPSA) is 114 Å². The molecule has 1 unspecified atom stereocenters. The minimum atomic E-state index is -4.49. The highest BCUT2D eigenvalue weighted by molar-refractivity contribution is 5.95. The number of carbonyl (C=O) groups is 2. The molecule has 1 amide bonds. The lowest BCUT2D eigenvalue weighted by atomic mass is 9.81. The van der Waals surface area contributed by atoms with E-state index in [0.29, 0.717) is 34.7 Å². The Morgan fingerprint density at radius 1 is 1.09 bits per heavy atom. The first-order valence-corrected chi connectivity index (χ1v) is 15.2. The monoisotopic (exact) mass is 622 g/mol. The van der Waals surface area contributed by atoms with E-state index in [9.17, 15) is 31.5 Å². The van der Waals surface area contributed by atoms with Crippen LogP contribution in [0.5, 0.6) is 0 Å². The number of aromatic nitrogens is 4. The number of aldehydes is 1. The summed E-state index contributed by atoms with van der Waals surface area (Å²) >= 11 is 0. The van der Waals surface area contributed by atoms with Gasteiger partial charge in [-0.15, -0.1) is 0 Å². The molecule has 3 aliphatic carbocycles. The zero-order valence-corrected chi connectivity index (χ0v) is 24.2. The van der Waals surface area contributed by atoms with E-state index in [1.807, 2.05) is 0 Å². The number of alkyl halides is 5. The summed E-state index contributed by atoms with van der Waals surface area (Å²) in [6, 6.07) is 0.722. The third kappa shape index (κ3) is 6.64.